The number of pyridine rings is 1. The summed E-state index contributed by atoms with van der Waals surface area (Å²) in [4.78, 5) is 4.64. The molecule has 118 valence electrons. The molecule has 0 aliphatic carbocycles. The normalized spacial score (nSPS) is 16.0. The summed E-state index contributed by atoms with van der Waals surface area (Å²) in [6, 6.07) is 16.6. The van der Waals surface area contributed by atoms with Gasteiger partial charge in [0, 0.05) is 0 Å². The molecule has 2 aromatic heterocycles. The van der Waals surface area contributed by atoms with Crippen molar-refractivity contribution >= 4 is 44.7 Å². The zero-order valence-corrected chi connectivity index (χ0v) is 15.2. The summed E-state index contributed by atoms with van der Waals surface area (Å²) in [5, 5.41) is 2.26. The van der Waals surface area contributed by atoms with Crippen molar-refractivity contribution in [2.24, 2.45) is 0 Å². The van der Waals surface area contributed by atoms with Gasteiger partial charge in [-0.1, -0.05) is 0 Å². The fourth-order valence-corrected chi connectivity index (χ4v) is 6.42. The number of hydrogen-bond donors (Lipinski definition) is 0. The second kappa shape index (κ2) is 4.85. The van der Waals surface area contributed by atoms with Crippen LogP contribution in [0.25, 0.3) is 27.6 Å². The first-order valence-corrected chi connectivity index (χ1v) is 10.5. The van der Waals surface area contributed by atoms with E-state index in [1.54, 1.807) is 0 Å². The number of hydrogen-bond acceptors (Lipinski definition) is 2. The molecule has 0 saturated carbocycles. The molecule has 0 saturated heterocycles. The van der Waals surface area contributed by atoms with Gasteiger partial charge < -0.3 is 0 Å². The Labute approximate surface area is 144 Å². The molecule has 3 nitrogen and oxygen atoms in total. The van der Waals surface area contributed by atoms with Crippen LogP contribution in [0.15, 0.2) is 54.7 Å². The summed E-state index contributed by atoms with van der Waals surface area (Å²) < 4.78 is 17.4. The van der Waals surface area contributed by atoms with Crippen LogP contribution in [0.2, 0.25) is 0 Å². The van der Waals surface area contributed by atoms with Crippen molar-refractivity contribution in [1.29, 1.82) is 0 Å². The molecule has 0 radical (unpaired) electrons. The summed E-state index contributed by atoms with van der Waals surface area (Å²) in [5.41, 5.74) is 4.32. The number of rotatable bonds is 1. The zero-order chi connectivity index (χ0) is 16.4. The van der Waals surface area contributed by atoms with Gasteiger partial charge in [-0.15, -0.1) is 0 Å². The van der Waals surface area contributed by atoms with Gasteiger partial charge in [-0.2, -0.15) is 0 Å². The van der Waals surface area contributed by atoms with Crippen LogP contribution in [-0.4, -0.2) is 23.4 Å². The maximum absolute atomic E-state index is 13.2. The standard InChI is InChI=1S/C20H16N2OSe/c1-12(2)13-8-9-17-16(11-13)22-19-14(5-3-7-18(19)24(17)23)15-6-4-10-21-20(15)22/h3-12H,1-2H3. The molecule has 1 aliphatic heterocycles. The Morgan fingerprint density at radius 3 is 2.67 bits per heavy atom. The number of para-hydroxylation sites is 1. The minimum atomic E-state index is -2.26. The van der Waals surface area contributed by atoms with Crippen LogP contribution in [0.4, 0.5) is 0 Å². The van der Waals surface area contributed by atoms with E-state index in [0.717, 1.165) is 36.5 Å². The fourth-order valence-electron chi connectivity index (χ4n) is 3.59. The van der Waals surface area contributed by atoms with Gasteiger partial charge in [-0.05, 0) is 0 Å². The first-order chi connectivity index (χ1) is 11.7. The van der Waals surface area contributed by atoms with Crippen LogP contribution in [0, 0.1) is 0 Å². The first-order valence-electron chi connectivity index (χ1n) is 8.11. The van der Waals surface area contributed by atoms with Crippen LogP contribution in [0.1, 0.15) is 25.3 Å². The first kappa shape index (κ1) is 14.1. The monoisotopic (exact) mass is 380 g/mol. The van der Waals surface area contributed by atoms with E-state index in [1.165, 1.54) is 5.56 Å². The van der Waals surface area contributed by atoms with Gasteiger partial charge in [0.05, 0.1) is 0 Å². The van der Waals surface area contributed by atoms with E-state index in [4.69, 9.17) is 0 Å². The number of aromatic nitrogens is 2. The summed E-state index contributed by atoms with van der Waals surface area (Å²) in [7, 11) is 0. The van der Waals surface area contributed by atoms with Crippen LogP contribution in [0.3, 0.4) is 0 Å². The van der Waals surface area contributed by atoms with E-state index in [0.29, 0.717) is 5.92 Å². The molecule has 1 aliphatic rings. The summed E-state index contributed by atoms with van der Waals surface area (Å²) in [5.74, 6) is 0.433. The molecular formula is C20H16N2OSe. The Kier molecular flexibility index (Phi) is 2.85. The Bertz CT molecular complexity index is 1160. The van der Waals surface area contributed by atoms with E-state index in [2.05, 4.69) is 53.7 Å². The Hall–Kier alpha value is -2.29. The van der Waals surface area contributed by atoms with E-state index in [1.807, 2.05) is 24.4 Å². The second-order valence-corrected chi connectivity index (χ2v) is 9.49. The van der Waals surface area contributed by atoms with Gasteiger partial charge >= 0.3 is 144 Å². The maximum atomic E-state index is 13.2. The van der Waals surface area contributed by atoms with Gasteiger partial charge in [-0.3, -0.25) is 0 Å². The average Bonchev–Trinajstić information content (AvgIpc) is 2.95. The SMILES string of the molecule is CC(C)c1ccc2c(c1)-n1c3ncccc3c3cccc(c31)[Se]2=O. The molecule has 0 N–H and O–H groups in total. The molecule has 1 atom stereocenters. The van der Waals surface area contributed by atoms with E-state index >= 15 is 0 Å². The van der Waals surface area contributed by atoms with Crippen LogP contribution < -0.4 is 8.92 Å². The van der Waals surface area contributed by atoms with Crippen molar-refractivity contribution in [3.8, 4) is 5.69 Å². The predicted molar refractivity (Wildman–Crippen MR) is 98.4 cm³/mol. The van der Waals surface area contributed by atoms with Crippen molar-refractivity contribution in [3.63, 3.8) is 0 Å². The van der Waals surface area contributed by atoms with Gasteiger partial charge in [0.15, 0.2) is 0 Å². The summed E-state index contributed by atoms with van der Waals surface area (Å²) >= 11 is -2.26. The van der Waals surface area contributed by atoms with Crippen molar-refractivity contribution in [1.82, 2.24) is 9.55 Å². The van der Waals surface area contributed by atoms with Crippen molar-refractivity contribution in [3.05, 3.63) is 60.3 Å². The molecule has 4 heteroatoms. The average molecular weight is 379 g/mol. The number of nitrogens with zero attached hydrogens (tertiary/aromatic N) is 2. The number of benzene rings is 2. The van der Waals surface area contributed by atoms with E-state index in [9.17, 15) is 3.83 Å². The molecule has 4 aromatic rings. The van der Waals surface area contributed by atoms with Gasteiger partial charge in [-0.25, -0.2) is 0 Å². The molecule has 0 amide bonds. The topological polar surface area (TPSA) is 34.9 Å². The molecule has 0 bridgehead atoms. The van der Waals surface area contributed by atoms with Crippen molar-refractivity contribution in [2.45, 2.75) is 19.8 Å². The quantitative estimate of drug-likeness (QED) is 0.420. The molecule has 2 aromatic carbocycles. The predicted octanol–water partition coefficient (Wildman–Crippen LogP) is 3.15. The van der Waals surface area contributed by atoms with Crippen LogP contribution >= 0.6 is 0 Å². The Morgan fingerprint density at radius 2 is 1.83 bits per heavy atom. The Balaban J connectivity index is 2.03. The van der Waals surface area contributed by atoms with E-state index < -0.39 is 13.8 Å². The molecule has 0 spiro atoms. The van der Waals surface area contributed by atoms with Gasteiger partial charge in [0.25, 0.3) is 0 Å². The second-order valence-electron chi connectivity index (χ2n) is 6.51. The van der Waals surface area contributed by atoms with Gasteiger partial charge in [0.1, 0.15) is 0 Å². The molecule has 1 unspecified atom stereocenters. The molecular weight excluding hydrogens is 363 g/mol. The molecule has 5 rings (SSSR count). The molecule has 3 heterocycles. The van der Waals surface area contributed by atoms with Gasteiger partial charge in [0.2, 0.25) is 0 Å². The third kappa shape index (κ3) is 1.70. The minimum absolute atomic E-state index is 0.433. The zero-order valence-electron chi connectivity index (χ0n) is 13.5. The van der Waals surface area contributed by atoms with E-state index in [-0.39, 0.29) is 0 Å². The van der Waals surface area contributed by atoms with Crippen molar-refractivity contribution < 1.29 is 3.83 Å². The Morgan fingerprint density at radius 1 is 1.00 bits per heavy atom. The third-order valence-electron chi connectivity index (χ3n) is 4.80. The molecule has 0 fully saturated rings. The molecule has 24 heavy (non-hydrogen) atoms. The number of fused-ring (bicyclic) bond motifs is 5. The third-order valence-corrected chi connectivity index (χ3v) is 7.89. The van der Waals surface area contributed by atoms with Crippen LogP contribution in [-0.2, 0) is 3.83 Å². The van der Waals surface area contributed by atoms with Crippen molar-refractivity contribution in [2.75, 3.05) is 0 Å². The summed E-state index contributed by atoms with van der Waals surface area (Å²) in [6.07, 6.45) is 1.83. The fraction of sp³-hybridized carbons (Fsp3) is 0.150. The van der Waals surface area contributed by atoms with Crippen LogP contribution in [0.5, 0.6) is 0 Å². The summed E-state index contributed by atoms with van der Waals surface area (Å²) in [6.45, 7) is 4.37.